The third-order valence-electron chi connectivity index (χ3n) is 4.89. The van der Waals surface area contributed by atoms with Crippen LogP contribution in [0.2, 0.25) is 0 Å². The maximum atomic E-state index is 12.8. The maximum Gasteiger partial charge on any atom is 0.416 e. The van der Waals surface area contributed by atoms with Crippen LogP contribution in [0.25, 0.3) is 0 Å². The summed E-state index contributed by atoms with van der Waals surface area (Å²) >= 11 is 0. The Balaban J connectivity index is 1.42. The second-order valence-corrected chi connectivity index (χ2v) is 8.01. The van der Waals surface area contributed by atoms with Gasteiger partial charge in [-0.2, -0.15) is 18.3 Å². The molecule has 0 saturated heterocycles. The van der Waals surface area contributed by atoms with Crippen molar-refractivity contribution >= 4 is 35.3 Å². The number of alkyl halides is 3. The van der Waals surface area contributed by atoms with Crippen LogP contribution in [0.1, 0.15) is 24.5 Å². The van der Waals surface area contributed by atoms with Crippen molar-refractivity contribution in [1.29, 1.82) is 0 Å². The molecular weight excluding hydrogens is 517 g/mol. The molecule has 0 aliphatic heterocycles. The zero-order chi connectivity index (χ0) is 28.3. The number of nitrogens with zero attached hydrogens (tertiary/aromatic N) is 1. The Morgan fingerprint density at radius 1 is 0.846 bits per heavy atom. The molecule has 0 spiro atoms. The van der Waals surface area contributed by atoms with Gasteiger partial charge in [0.05, 0.1) is 18.4 Å². The number of ether oxygens (including phenoxy) is 2. The van der Waals surface area contributed by atoms with Crippen molar-refractivity contribution in [3.63, 3.8) is 0 Å². The van der Waals surface area contributed by atoms with E-state index in [1.807, 2.05) is 6.92 Å². The lowest BCUT2D eigenvalue weighted by atomic mass is 10.2. The molecule has 0 bridgehead atoms. The number of benzene rings is 3. The number of amides is 3. The highest BCUT2D eigenvalue weighted by Gasteiger charge is 2.30. The fourth-order valence-electron chi connectivity index (χ4n) is 3.03. The van der Waals surface area contributed by atoms with Crippen LogP contribution < -0.4 is 25.5 Å². The van der Waals surface area contributed by atoms with Gasteiger partial charge in [0, 0.05) is 11.4 Å². The largest absolute Gasteiger partial charge is 0.494 e. The Kier molecular flexibility index (Phi) is 10.0. The standard InChI is InChI=1S/C27H25F3N4O5/c1-2-14-38-22-12-8-20(9-13-22)33-25(36)26(37)34-31-16-18-6-10-23(11-7-18)39-17-24(35)32-21-5-3-4-19(15-21)27(28,29)30/h3-13,15-16H,2,14,17H2,1H3,(H,32,35)(H,33,36)(H,34,37)/b31-16-. The first kappa shape index (κ1) is 28.7. The Labute approximate surface area is 222 Å². The first-order valence-corrected chi connectivity index (χ1v) is 11.7. The molecule has 0 fully saturated rings. The molecule has 0 atom stereocenters. The number of anilines is 2. The molecule has 0 heterocycles. The number of rotatable bonds is 10. The molecule has 0 aliphatic rings. The summed E-state index contributed by atoms with van der Waals surface area (Å²) in [5.41, 5.74) is 2.21. The van der Waals surface area contributed by atoms with Gasteiger partial charge >= 0.3 is 18.0 Å². The zero-order valence-electron chi connectivity index (χ0n) is 20.7. The molecule has 3 aromatic carbocycles. The van der Waals surface area contributed by atoms with Crippen LogP contribution in [0.4, 0.5) is 24.5 Å². The topological polar surface area (TPSA) is 118 Å². The van der Waals surface area contributed by atoms with Gasteiger partial charge in [-0.25, -0.2) is 5.43 Å². The van der Waals surface area contributed by atoms with E-state index in [2.05, 4.69) is 21.2 Å². The quantitative estimate of drug-likeness (QED) is 0.197. The second kappa shape index (κ2) is 13.6. The van der Waals surface area contributed by atoms with Crippen LogP contribution in [0.15, 0.2) is 77.9 Å². The molecule has 9 nitrogen and oxygen atoms in total. The summed E-state index contributed by atoms with van der Waals surface area (Å²) in [7, 11) is 0. The van der Waals surface area contributed by atoms with Crippen molar-refractivity contribution in [1.82, 2.24) is 5.43 Å². The summed E-state index contributed by atoms with van der Waals surface area (Å²) in [6.45, 7) is 2.13. The van der Waals surface area contributed by atoms with E-state index < -0.39 is 36.1 Å². The van der Waals surface area contributed by atoms with Crippen molar-refractivity contribution in [2.45, 2.75) is 19.5 Å². The minimum absolute atomic E-state index is 0.00405. The normalized spacial score (nSPS) is 11.1. The van der Waals surface area contributed by atoms with E-state index in [1.165, 1.54) is 30.5 Å². The minimum Gasteiger partial charge on any atom is -0.494 e. The van der Waals surface area contributed by atoms with Crippen LogP contribution in [0.3, 0.4) is 0 Å². The molecule has 3 rings (SSSR count). The molecule has 3 N–H and O–H groups in total. The highest BCUT2D eigenvalue weighted by Crippen LogP contribution is 2.30. The number of carbonyl (C=O) groups is 3. The Hall–Kier alpha value is -4.87. The summed E-state index contributed by atoms with van der Waals surface area (Å²) in [4.78, 5) is 36.0. The fourth-order valence-corrected chi connectivity index (χ4v) is 3.03. The first-order valence-electron chi connectivity index (χ1n) is 11.7. The highest BCUT2D eigenvalue weighted by molar-refractivity contribution is 6.39. The van der Waals surface area contributed by atoms with E-state index in [0.29, 0.717) is 29.4 Å². The Bertz CT molecular complexity index is 1310. The molecule has 3 amide bonds. The average Bonchev–Trinajstić information content (AvgIpc) is 2.92. The number of nitrogens with one attached hydrogen (secondary N) is 3. The molecule has 0 aromatic heterocycles. The van der Waals surface area contributed by atoms with E-state index in [-0.39, 0.29) is 5.69 Å². The molecule has 0 radical (unpaired) electrons. The fraction of sp³-hybridized carbons (Fsp3) is 0.185. The summed E-state index contributed by atoms with van der Waals surface area (Å²) < 4.78 is 49.2. The summed E-state index contributed by atoms with van der Waals surface area (Å²) in [5.74, 6) is -1.54. The van der Waals surface area contributed by atoms with Gasteiger partial charge in [-0.1, -0.05) is 13.0 Å². The third-order valence-corrected chi connectivity index (χ3v) is 4.89. The van der Waals surface area contributed by atoms with Crippen LogP contribution >= 0.6 is 0 Å². The number of carbonyl (C=O) groups excluding carboxylic acids is 3. The second-order valence-electron chi connectivity index (χ2n) is 8.01. The number of halogens is 3. The molecule has 0 aliphatic carbocycles. The average molecular weight is 543 g/mol. The van der Waals surface area contributed by atoms with Gasteiger partial charge in [0.15, 0.2) is 6.61 Å². The molecule has 3 aromatic rings. The van der Waals surface area contributed by atoms with Gasteiger partial charge in [0.2, 0.25) is 0 Å². The van der Waals surface area contributed by atoms with Crippen molar-refractivity contribution in [2.75, 3.05) is 23.8 Å². The van der Waals surface area contributed by atoms with E-state index >= 15 is 0 Å². The lowest BCUT2D eigenvalue weighted by Gasteiger charge is -2.10. The summed E-state index contributed by atoms with van der Waals surface area (Å²) in [6, 6.07) is 17.1. The highest BCUT2D eigenvalue weighted by atomic mass is 19.4. The van der Waals surface area contributed by atoms with Crippen LogP contribution in [-0.2, 0) is 20.6 Å². The van der Waals surface area contributed by atoms with Crippen LogP contribution in [0.5, 0.6) is 11.5 Å². The van der Waals surface area contributed by atoms with Gasteiger partial charge in [-0.15, -0.1) is 0 Å². The van der Waals surface area contributed by atoms with Gasteiger partial charge in [0.25, 0.3) is 5.91 Å². The third kappa shape index (κ3) is 9.50. The molecule has 204 valence electrons. The lowest BCUT2D eigenvalue weighted by molar-refractivity contribution is -0.137. The molecule has 0 saturated carbocycles. The maximum absolute atomic E-state index is 12.8. The van der Waals surface area contributed by atoms with Crippen molar-refractivity contribution in [3.8, 4) is 11.5 Å². The van der Waals surface area contributed by atoms with Crippen LogP contribution in [-0.4, -0.2) is 37.1 Å². The van der Waals surface area contributed by atoms with E-state index in [4.69, 9.17) is 9.47 Å². The minimum atomic E-state index is -4.52. The van der Waals surface area contributed by atoms with Crippen molar-refractivity contribution in [3.05, 3.63) is 83.9 Å². The van der Waals surface area contributed by atoms with Gasteiger partial charge < -0.3 is 20.1 Å². The predicted octanol–water partition coefficient (Wildman–Crippen LogP) is 4.60. The van der Waals surface area contributed by atoms with E-state index in [1.54, 1.807) is 36.4 Å². The zero-order valence-corrected chi connectivity index (χ0v) is 20.7. The van der Waals surface area contributed by atoms with E-state index in [9.17, 15) is 27.6 Å². The summed E-state index contributed by atoms with van der Waals surface area (Å²) in [6.07, 6.45) is -2.35. The van der Waals surface area contributed by atoms with Gasteiger partial charge in [0.1, 0.15) is 11.5 Å². The molecule has 39 heavy (non-hydrogen) atoms. The van der Waals surface area contributed by atoms with E-state index in [0.717, 1.165) is 18.6 Å². The molecular formula is C27H25F3N4O5. The number of hydrogen-bond acceptors (Lipinski definition) is 6. The van der Waals surface area contributed by atoms with Gasteiger partial charge in [-0.3, -0.25) is 14.4 Å². The monoisotopic (exact) mass is 542 g/mol. The van der Waals surface area contributed by atoms with Gasteiger partial charge in [-0.05, 0) is 78.7 Å². The Morgan fingerprint density at radius 2 is 1.51 bits per heavy atom. The number of hydrazone groups is 1. The molecule has 12 heteroatoms. The first-order chi connectivity index (χ1) is 18.6. The van der Waals surface area contributed by atoms with Crippen LogP contribution in [0, 0.1) is 0 Å². The summed E-state index contributed by atoms with van der Waals surface area (Å²) in [5, 5.41) is 8.53. The number of hydrogen-bond donors (Lipinski definition) is 3. The SMILES string of the molecule is CCCOc1ccc(NC(=O)C(=O)N/N=C\c2ccc(OCC(=O)Nc3cccc(C(F)(F)F)c3)cc2)cc1. The Morgan fingerprint density at radius 3 is 2.18 bits per heavy atom. The lowest BCUT2D eigenvalue weighted by Crippen LogP contribution is -2.32. The smallest absolute Gasteiger partial charge is 0.416 e. The van der Waals surface area contributed by atoms with Crippen molar-refractivity contribution in [2.24, 2.45) is 5.10 Å². The van der Waals surface area contributed by atoms with Crippen molar-refractivity contribution < 1.29 is 37.0 Å². The molecule has 0 unspecified atom stereocenters. The predicted molar refractivity (Wildman–Crippen MR) is 139 cm³/mol.